The maximum absolute atomic E-state index is 4.51. The van der Waals surface area contributed by atoms with Crippen LogP contribution in [0.3, 0.4) is 0 Å². The Kier molecular flexibility index (Phi) is 2.96. The van der Waals surface area contributed by atoms with Gasteiger partial charge in [0.05, 0.1) is 0 Å². The minimum atomic E-state index is 0.698. The summed E-state index contributed by atoms with van der Waals surface area (Å²) in [7, 11) is 0. The van der Waals surface area contributed by atoms with Gasteiger partial charge in [-0.1, -0.05) is 12.8 Å². The Morgan fingerprint density at radius 3 is 2.94 bits per heavy atom. The fourth-order valence-corrected chi connectivity index (χ4v) is 3.19. The molecule has 1 saturated carbocycles. The number of rotatable bonds is 3. The molecule has 0 spiro atoms. The Balaban J connectivity index is 1.71. The van der Waals surface area contributed by atoms with Crippen LogP contribution in [0.1, 0.15) is 43.7 Å². The summed E-state index contributed by atoms with van der Waals surface area (Å²) in [6, 6.07) is 2.21. The van der Waals surface area contributed by atoms with Gasteiger partial charge in [0.15, 0.2) is 0 Å². The smallest absolute Gasteiger partial charge is 0.0492 e. The number of nitrogens with zero attached hydrogens (tertiary/aromatic N) is 2. The Morgan fingerprint density at radius 2 is 2.19 bits per heavy atom. The topological polar surface area (TPSA) is 29.9 Å². The molecule has 2 heterocycles. The van der Waals surface area contributed by atoms with E-state index in [1.165, 1.54) is 44.3 Å². The van der Waals surface area contributed by atoms with Crippen molar-refractivity contribution in [1.82, 2.24) is 15.1 Å². The molecule has 1 aromatic heterocycles. The molecule has 1 atom stereocenters. The van der Waals surface area contributed by atoms with Gasteiger partial charge in [0.1, 0.15) is 0 Å². The van der Waals surface area contributed by atoms with E-state index >= 15 is 0 Å². The lowest BCUT2D eigenvalue weighted by Crippen LogP contribution is -2.16. The molecule has 1 aromatic rings. The third kappa shape index (κ3) is 2.01. The molecule has 88 valence electrons. The maximum atomic E-state index is 4.51. The van der Waals surface area contributed by atoms with E-state index in [0.29, 0.717) is 5.92 Å². The molecule has 2 fully saturated rings. The number of hydrogen-bond acceptors (Lipinski definition) is 2. The van der Waals surface area contributed by atoms with Gasteiger partial charge in [0.25, 0.3) is 0 Å². The van der Waals surface area contributed by atoms with E-state index in [1.807, 2.05) is 6.20 Å². The standard InChI is InChI=1S/C13H21N3/c1-2-4-11(3-1)10-16-13(6-8-15-16)12-5-7-14-9-12/h6,8,11-12,14H,1-5,7,9-10H2. The SMILES string of the molecule is c1cc(C2CCNC2)n(CC2CCCC2)n1. The quantitative estimate of drug-likeness (QED) is 0.844. The molecule has 1 saturated heterocycles. The van der Waals surface area contributed by atoms with Crippen LogP contribution in [0.5, 0.6) is 0 Å². The van der Waals surface area contributed by atoms with Gasteiger partial charge in [-0.25, -0.2) is 0 Å². The summed E-state index contributed by atoms with van der Waals surface area (Å²) < 4.78 is 2.27. The zero-order valence-corrected chi connectivity index (χ0v) is 9.86. The van der Waals surface area contributed by atoms with Crippen LogP contribution >= 0.6 is 0 Å². The highest BCUT2D eigenvalue weighted by molar-refractivity contribution is 5.10. The average Bonchev–Trinajstić information content (AvgIpc) is 2.98. The molecular formula is C13H21N3. The number of hydrogen-bond donors (Lipinski definition) is 1. The lowest BCUT2D eigenvalue weighted by molar-refractivity contribution is 0.412. The van der Waals surface area contributed by atoms with Crippen LogP contribution in [0.15, 0.2) is 12.3 Å². The zero-order chi connectivity index (χ0) is 10.8. The van der Waals surface area contributed by atoms with Crippen molar-refractivity contribution in [2.24, 2.45) is 5.92 Å². The molecule has 1 aliphatic carbocycles. The van der Waals surface area contributed by atoms with Crippen molar-refractivity contribution in [3.05, 3.63) is 18.0 Å². The molecule has 0 radical (unpaired) electrons. The first-order chi connectivity index (χ1) is 7.93. The molecule has 2 aliphatic rings. The first-order valence-electron chi connectivity index (χ1n) is 6.66. The van der Waals surface area contributed by atoms with Crippen LogP contribution in [-0.2, 0) is 6.54 Å². The Morgan fingerprint density at radius 1 is 1.31 bits per heavy atom. The van der Waals surface area contributed by atoms with Gasteiger partial charge < -0.3 is 5.32 Å². The van der Waals surface area contributed by atoms with Crippen molar-refractivity contribution >= 4 is 0 Å². The molecule has 3 nitrogen and oxygen atoms in total. The van der Waals surface area contributed by atoms with Crippen molar-refractivity contribution in [2.45, 2.75) is 44.6 Å². The lowest BCUT2D eigenvalue weighted by atomic mass is 10.0. The summed E-state index contributed by atoms with van der Waals surface area (Å²) in [4.78, 5) is 0. The van der Waals surface area contributed by atoms with E-state index in [2.05, 4.69) is 21.2 Å². The highest BCUT2D eigenvalue weighted by atomic mass is 15.3. The van der Waals surface area contributed by atoms with Crippen LogP contribution in [0.25, 0.3) is 0 Å². The number of nitrogens with one attached hydrogen (secondary N) is 1. The van der Waals surface area contributed by atoms with Crippen LogP contribution in [-0.4, -0.2) is 22.9 Å². The molecule has 3 rings (SSSR count). The van der Waals surface area contributed by atoms with E-state index < -0.39 is 0 Å². The highest BCUT2D eigenvalue weighted by Gasteiger charge is 2.22. The van der Waals surface area contributed by atoms with Crippen molar-refractivity contribution < 1.29 is 0 Å². The van der Waals surface area contributed by atoms with E-state index in [9.17, 15) is 0 Å². The fraction of sp³-hybridized carbons (Fsp3) is 0.769. The van der Waals surface area contributed by atoms with E-state index in [1.54, 1.807) is 0 Å². The first kappa shape index (κ1) is 10.3. The summed E-state index contributed by atoms with van der Waals surface area (Å²) in [5.74, 6) is 1.58. The monoisotopic (exact) mass is 219 g/mol. The van der Waals surface area contributed by atoms with Gasteiger partial charge in [0, 0.05) is 30.9 Å². The van der Waals surface area contributed by atoms with E-state index in [-0.39, 0.29) is 0 Å². The Hall–Kier alpha value is -0.830. The summed E-state index contributed by atoms with van der Waals surface area (Å²) in [5, 5.41) is 7.95. The molecule has 0 aromatic carbocycles. The second-order valence-corrected chi connectivity index (χ2v) is 5.28. The Labute approximate surface area is 97.2 Å². The molecular weight excluding hydrogens is 198 g/mol. The van der Waals surface area contributed by atoms with Gasteiger partial charge in [-0.3, -0.25) is 4.68 Å². The molecule has 1 aliphatic heterocycles. The molecule has 1 N–H and O–H groups in total. The second kappa shape index (κ2) is 4.58. The van der Waals surface area contributed by atoms with Crippen molar-refractivity contribution in [3.63, 3.8) is 0 Å². The summed E-state index contributed by atoms with van der Waals surface area (Å²) in [5.41, 5.74) is 1.46. The van der Waals surface area contributed by atoms with Crippen LogP contribution in [0.4, 0.5) is 0 Å². The first-order valence-corrected chi connectivity index (χ1v) is 6.66. The third-order valence-electron chi connectivity index (χ3n) is 4.13. The predicted molar refractivity (Wildman–Crippen MR) is 64.4 cm³/mol. The van der Waals surface area contributed by atoms with Crippen LogP contribution < -0.4 is 5.32 Å². The van der Waals surface area contributed by atoms with Crippen LogP contribution in [0, 0.1) is 5.92 Å². The lowest BCUT2D eigenvalue weighted by Gasteiger charge is -2.15. The number of aromatic nitrogens is 2. The predicted octanol–water partition coefficient (Wildman–Crippen LogP) is 2.15. The average molecular weight is 219 g/mol. The maximum Gasteiger partial charge on any atom is 0.0492 e. The summed E-state index contributed by atoms with van der Waals surface area (Å²) >= 11 is 0. The normalized spacial score (nSPS) is 26.6. The van der Waals surface area contributed by atoms with Crippen molar-refractivity contribution in [3.8, 4) is 0 Å². The van der Waals surface area contributed by atoms with Crippen molar-refractivity contribution in [1.29, 1.82) is 0 Å². The minimum absolute atomic E-state index is 0.698. The second-order valence-electron chi connectivity index (χ2n) is 5.28. The minimum Gasteiger partial charge on any atom is -0.316 e. The Bertz CT molecular complexity index is 333. The van der Waals surface area contributed by atoms with Gasteiger partial charge in [-0.05, 0) is 37.8 Å². The van der Waals surface area contributed by atoms with Gasteiger partial charge in [-0.2, -0.15) is 5.10 Å². The summed E-state index contributed by atoms with van der Waals surface area (Å²) in [6.07, 6.45) is 8.90. The molecule has 0 bridgehead atoms. The third-order valence-corrected chi connectivity index (χ3v) is 4.13. The molecule has 3 heteroatoms. The fourth-order valence-electron chi connectivity index (χ4n) is 3.19. The molecule has 16 heavy (non-hydrogen) atoms. The van der Waals surface area contributed by atoms with Crippen LogP contribution in [0.2, 0.25) is 0 Å². The molecule has 1 unspecified atom stereocenters. The van der Waals surface area contributed by atoms with Gasteiger partial charge in [0.2, 0.25) is 0 Å². The van der Waals surface area contributed by atoms with Gasteiger partial charge in [-0.15, -0.1) is 0 Å². The summed E-state index contributed by atoms with van der Waals surface area (Å²) in [6.45, 7) is 3.45. The largest absolute Gasteiger partial charge is 0.316 e. The van der Waals surface area contributed by atoms with Gasteiger partial charge >= 0.3 is 0 Å². The van der Waals surface area contributed by atoms with Crippen molar-refractivity contribution in [2.75, 3.05) is 13.1 Å². The highest BCUT2D eigenvalue weighted by Crippen LogP contribution is 2.28. The van der Waals surface area contributed by atoms with E-state index in [4.69, 9.17) is 0 Å². The zero-order valence-electron chi connectivity index (χ0n) is 9.86. The van der Waals surface area contributed by atoms with E-state index in [0.717, 1.165) is 19.0 Å². The molecule has 0 amide bonds.